The molecule has 4 rings (SSSR count). The first kappa shape index (κ1) is 22.3. The fourth-order valence-corrected chi connectivity index (χ4v) is 3.44. The zero-order valence-electron chi connectivity index (χ0n) is 15.8. The van der Waals surface area contributed by atoms with E-state index in [2.05, 4.69) is 4.98 Å². The molecule has 1 aliphatic rings. The van der Waals surface area contributed by atoms with Crippen molar-refractivity contribution in [3.05, 3.63) is 65.4 Å². The predicted molar refractivity (Wildman–Crippen MR) is 121 cm³/mol. The molecule has 7 nitrogen and oxygen atoms in total. The Labute approximate surface area is 181 Å². The lowest BCUT2D eigenvalue weighted by atomic mass is 10.0. The van der Waals surface area contributed by atoms with Crippen LogP contribution in [-0.4, -0.2) is 28.3 Å². The van der Waals surface area contributed by atoms with E-state index in [1.165, 1.54) is 0 Å². The van der Waals surface area contributed by atoms with E-state index in [9.17, 15) is 0 Å². The first-order chi connectivity index (χ1) is 13.1. The van der Waals surface area contributed by atoms with Crippen molar-refractivity contribution in [2.75, 3.05) is 12.8 Å². The maximum Gasteiger partial charge on any atom is 0.221 e. The zero-order valence-corrected chi connectivity index (χ0v) is 17.4. The molecular weight excluding hydrogens is 411 g/mol. The molecule has 5 N–H and O–H groups in total. The predicted octanol–water partition coefficient (Wildman–Crippen LogP) is 3.47. The van der Waals surface area contributed by atoms with E-state index >= 15 is 0 Å². The van der Waals surface area contributed by atoms with E-state index in [1.807, 2.05) is 42.5 Å². The number of ether oxygens (including phenoxy) is 1. The number of nitrogen functional groups attached to an aromatic ring is 2. The minimum absolute atomic E-state index is 0. The lowest BCUT2D eigenvalue weighted by Gasteiger charge is -2.06. The average Bonchev–Trinajstić information content (AvgIpc) is 3.25. The van der Waals surface area contributed by atoms with Crippen molar-refractivity contribution in [1.29, 1.82) is 5.41 Å². The molecule has 0 unspecified atom stereocenters. The number of benzene rings is 2. The van der Waals surface area contributed by atoms with Crippen molar-refractivity contribution in [3.8, 4) is 17.0 Å². The number of nitrogens with zero attached hydrogens (tertiary/aromatic N) is 3. The molecular formula is C20H22Cl2N6O. The Morgan fingerprint density at radius 2 is 1.83 bits per heavy atom. The van der Waals surface area contributed by atoms with Gasteiger partial charge in [0.15, 0.2) is 0 Å². The second-order valence-electron chi connectivity index (χ2n) is 6.32. The van der Waals surface area contributed by atoms with Crippen molar-refractivity contribution >= 4 is 42.3 Å². The Hall–Kier alpha value is -3.03. The summed E-state index contributed by atoms with van der Waals surface area (Å²) in [7, 11) is 1.63. The van der Waals surface area contributed by atoms with Gasteiger partial charge in [-0.05, 0) is 30.5 Å². The SMILES string of the molecule is COc1ccccc1-c1cn(/N=C2\CCc3c(C(=N)N)cccc32)c(N)n1.Cl.Cl. The number of amidine groups is 1. The van der Waals surface area contributed by atoms with Crippen molar-refractivity contribution in [2.45, 2.75) is 12.8 Å². The molecule has 0 atom stereocenters. The summed E-state index contributed by atoms with van der Waals surface area (Å²) in [6.45, 7) is 0. The fraction of sp³-hybridized carbons (Fsp3) is 0.150. The van der Waals surface area contributed by atoms with Crippen LogP contribution in [0.2, 0.25) is 0 Å². The molecule has 1 aliphatic carbocycles. The van der Waals surface area contributed by atoms with E-state index in [4.69, 9.17) is 26.7 Å². The van der Waals surface area contributed by atoms with E-state index in [0.717, 1.165) is 46.6 Å². The van der Waals surface area contributed by atoms with Gasteiger partial charge in [-0.15, -0.1) is 24.8 Å². The number of nitrogens with one attached hydrogen (secondary N) is 1. The summed E-state index contributed by atoms with van der Waals surface area (Å²) in [5.74, 6) is 1.11. The van der Waals surface area contributed by atoms with Crippen LogP contribution in [0.3, 0.4) is 0 Å². The lowest BCUT2D eigenvalue weighted by molar-refractivity contribution is 0.416. The number of imidazole rings is 1. The molecule has 0 spiro atoms. The number of fused-ring (bicyclic) bond motifs is 1. The Kier molecular flexibility index (Phi) is 6.89. The normalized spacial score (nSPS) is 13.3. The lowest BCUT2D eigenvalue weighted by Crippen LogP contribution is -2.13. The summed E-state index contributed by atoms with van der Waals surface area (Å²) in [6.07, 6.45) is 3.37. The molecule has 9 heteroatoms. The van der Waals surface area contributed by atoms with Crippen LogP contribution in [0.15, 0.2) is 53.8 Å². The summed E-state index contributed by atoms with van der Waals surface area (Å²) in [6, 6.07) is 13.4. The number of hydrogen-bond acceptors (Lipinski definition) is 5. The molecule has 0 radical (unpaired) electrons. The molecule has 0 fully saturated rings. The standard InChI is InChI=1S/C20H20N6O.2ClH/c1-27-18-8-3-2-5-15(18)17-11-26(20(23)24-17)25-16-10-9-12-13(16)6-4-7-14(12)19(21)22;;/h2-8,11H,9-10H2,1H3,(H3,21,22)(H2,23,24);2*1H/b25-16+;;. The van der Waals surface area contributed by atoms with Crippen LogP contribution in [0.5, 0.6) is 5.75 Å². The summed E-state index contributed by atoms with van der Waals surface area (Å²) >= 11 is 0. The Bertz CT molecular complexity index is 1080. The number of hydrogen-bond donors (Lipinski definition) is 3. The molecule has 1 aromatic heterocycles. The third-order valence-electron chi connectivity index (χ3n) is 4.71. The zero-order chi connectivity index (χ0) is 19.0. The van der Waals surface area contributed by atoms with Gasteiger partial charge < -0.3 is 16.2 Å². The Morgan fingerprint density at radius 1 is 1.10 bits per heavy atom. The minimum atomic E-state index is 0. The van der Waals surface area contributed by atoms with Gasteiger partial charge in [0, 0.05) is 16.7 Å². The van der Waals surface area contributed by atoms with Crippen LogP contribution in [0, 0.1) is 5.41 Å². The third kappa shape index (κ3) is 4.06. The highest BCUT2D eigenvalue weighted by molar-refractivity contribution is 6.08. The Morgan fingerprint density at radius 3 is 2.55 bits per heavy atom. The number of nitrogens with two attached hydrogens (primary N) is 2. The second-order valence-corrected chi connectivity index (χ2v) is 6.32. The first-order valence-electron chi connectivity index (χ1n) is 8.61. The number of rotatable bonds is 4. The van der Waals surface area contributed by atoms with E-state index < -0.39 is 0 Å². The van der Waals surface area contributed by atoms with Crippen LogP contribution >= 0.6 is 24.8 Å². The van der Waals surface area contributed by atoms with Gasteiger partial charge in [0.2, 0.25) is 5.95 Å². The molecule has 3 aromatic rings. The number of para-hydroxylation sites is 1. The van der Waals surface area contributed by atoms with E-state index in [0.29, 0.717) is 11.6 Å². The highest BCUT2D eigenvalue weighted by atomic mass is 35.5. The van der Waals surface area contributed by atoms with E-state index in [1.54, 1.807) is 18.0 Å². The molecule has 0 bridgehead atoms. The van der Waals surface area contributed by atoms with Crippen LogP contribution < -0.4 is 16.2 Å². The largest absolute Gasteiger partial charge is 0.496 e. The van der Waals surface area contributed by atoms with Crippen molar-refractivity contribution < 1.29 is 4.74 Å². The van der Waals surface area contributed by atoms with Gasteiger partial charge in [-0.25, -0.2) is 9.66 Å². The topological polar surface area (TPSA) is 115 Å². The van der Waals surface area contributed by atoms with Crippen molar-refractivity contribution in [2.24, 2.45) is 10.8 Å². The van der Waals surface area contributed by atoms with Gasteiger partial charge in [0.1, 0.15) is 11.6 Å². The minimum Gasteiger partial charge on any atom is -0.496 e. The van der Waals surface area contributed by atoms with Gasteiger partial charge >= 0.3 is 0 Å². The maximum absolute atomic E-state index is 7.75. The number of aromatic nitrogens is 2. The van der Waals surface area contributed by atoms with Gasteiger partial charge in [-0.3, -0.25) is 5.41 Å². The molecule has 0 saturated carbocycles. The smallest absolute Gasteiger partial charge is 0.221 e. The van der Waals surface area contributed by atoms with Crippen LogP contribution in [-0.2, 0) is 6.42 Å². The summed E-state index contributed by atoms with van der Waals surface area (Å²) in [5.41, 5.74) is 17.1. The van der Waals surface area contributed by atoms with Crippen LogP contribution in [0.4, 0.5) is 5.95 Å². The average molecular weight is 433 g/mol. The van der Waals surface area contributed by atoms with Gasteiger partial charge in [-0.1, -0.05) is 30.3 Å². The fourth-order valence-electron chi connectivity index (χ4n) is 3.44. The van der Waals surface area contributed by atoms with E-state index in [-0.39, 0.29) is 30.6 Å². The Balaban J connectivity index is 0.00000150. The molecule has 152 valence electrons. The van der Waals surface area contributed by atoms with Crippen LogP contribution in [0.1, 0.15) is 23.1 Å². The number of anilines is 1. The van der Waals surface area contributed by atoms with Gasteiger partial charge in [0.25, 0.3) is 0 Å². The van der Waals surface area contributed by atoms with Crippen molar-refractivity contribution in [1.82, 2.24) is 9.66 Å². The molecule has 29 heavy (non-hydrogen) atoms. The molecule has 0 aliphatic heterocycles. The summed E-state index contributed by atoms with van der Waals surface area (Å²) < 4.78 is 7.00. The molecule has 0 saturated heterocycles. The summed E-state index contributed by atoms with van der Waals surface area (Å²) in [4.78, 5) is 4.43. The second kappa shape index (κ2) is 8.98. The summed E-state index contributed by atoms with van der Waals surface area (Å²) in [5, 5.41) is 12.4. The maximum atomic E-state index is 7.75. The van der Waals surface area contributed by atoms with Crippen LogP contribution in [0.25, 0.3) is 11.3 Å². The number of methoxy groups -OCH3 is 1. The van der Waals surface area contributed by atoms with Gasteiger partial charge in [-0.2, -0.15) is 5.10 Å². The highest BCUT2D eigenvalue weighted by Gasteiger charge is 2.22. The molecule has 2 aromatic carbocycles. The van der Waals surface area contributed by atoms with Crippen molar-refractivity contribution in [3.63, 3.8) is 0 Å². The highest BCUT2D eigenvalue weighted by Crippen LogP contribution is 2.30. The third-order valence-corrected chi connectivity index (χ3v) is 4.71. The number of halogens is 2. The molecule has 0 amide bonds. The molecule has 1 heterocycles. The monoisotopic (exact) mass is 432 g/mol. The van der Waals surface area contributed by atoms with Gasteiger partial charge in [0.05, 0.1) is 24.7 Å². The quantitative estimate of drug-likeness (QED) is 0.432. The first-order valence-corrected chi connectivity index (χ1v) is 8.61.